The lowest BCUT2D eigenvalue weighted by molar-refractivity contribution is -0.137. The van der Waals surface area contributed by atoms with E-state index in [2.05, 4.69) is 0 Å². The largest absolute Gasteiger partial charge is 0.457 e. The second kappa shape index (κ2) is 6.60. The van der Waals surface area contributed by atoms with Crippen LogP contribution >= 0.6 is 12.2 Å². The second-order valence-corrected chi connectivity index (χ2v) is 6.07. The number of likely N-dealkylation sites (N-methyl/N-ethyl adjacent to an activating group) is 2. The first-order valence-corrected chi connectivity index (χ1v) is 8.22. The van der Waals surface area contributed by atoms with Crippen molar-refractivity contribution in [3.05, 3.63) is 53.4 Å². The molecule has 0 spiro atoms. The summed E-state index contributed by atoms with van der Waals surface area (Å²) in [6.07, 6.45) is -2.90. The fourth-order valence-electron chi connectivity index (χ4n) is 2.66. The SMILES string of the molecule is CCN1C(=O)/C(=C\c2ccc(-c3cccc(C(F)(F)F)c3)o2)N(C)C1=S. The zero-order valence-corrected chi connectivity index (χ0v) is 14.8. The number of carbonyl (C=O) groups is 1. The van der Waals surface area contributed by atoms with Crippen LogP contribution in [0.4, 0.5) is 13.2 Å². The van der Waals surface area contributed by atoms with Gasteiger partial charge in [0.05, 0.1) is 5.56 Å². The van der Waals surface area contributed by atoms with Gasteiger partial charge in [-0.15, -0.1) is 0 Å². The van der Waals surface area contributed by atoms with Gasteiger partial charge < -0.3 is 9.32 Å². The molecule has 0 radical (unpaired) electrons. The summed E-state index contributed by atoms with van der Waals surface area (Å²) < 4.78 is 44.2. The van der Waals surface area contributed by atoms with Crippen LogP contribution in [0.25, 0.3) is 17.4 Å². The highest BCUT2D eigenvalue weighted by atomic mass is 32.1. The van der Waals surface area contributed by atoms with E-state index in [4.69, 9.17) is 16.6 Å². The van der Waals surface area contributed by atoms with Crippen LogP contribution in [0.3, 0.4) is 0 Å². The van der Waals surface area contributed by atoms with Gasteiger partial charge >= 0.3 is 6.18 Å². The van der Waals surface area contributed by atoms with Gasteiger partial charge in [0.15, 0.2) is 5.11 Å². The molecule has 3 rings (SSSR count). The van der Waals surface area contributed by atoms with Gasteiger partial charge in [-0.25, -0.2) is 0 Å². The third kappa shape index (κ3) is 3.24. The Morgan fingerprint density at radius 1 is 1.23 bits per heavy atom. The highest BCUT2D eigenvalue weighted by Crippen LogP contribution is 2.33. The third-order valence-electron chi connectivity index (χ3n) is 4.04. The van der Waals surface area contributed by atoms with Crippen molar-refractivity contribution in [1.29, 1.82) is 0 Å². The molecule has 136 valence electrons. The number of rotatable bonds is 3. The molecule has 4 nitrogen and oxygen atoms in total. The van der Waals surface area contributed by atoms with Gasteiger partial charge in [-0.2, -0.15) is 13.2 Å². The van der Waals surface area contributed by atoms with Crippen LogP contribution in [0.1, 0.15) is 18.2 Å². The fourth-order valence-corrected chi connectivity index (χ4v) is 2.97. The van der Waals surface area contributed by atoms with Gasteiger partial charge in [-0.1, -0.05) is 12.1 Å². The van der Waals surface area contributed by atoms with Gasteiger partial charge in [-0.3, -0.25) is 9.69 Å². The van der Waals surface area contributed by atoms with E-state index in [-0.39, 0.29) is 11.7 Å². The summed E-state index contributed by atoms with van der Waals surface area (Å²) in [7, 11) is 1.68. The molecule has 1 aliphatic rings. The maximum Gasteiger partial charge on any atom is 0.416 e. The van der Waals surface area contributed by atoms with Crippen LogP contribution in [0.5, 0.6) is 0 Å². The van der Waals surface area contributed by atoms with Crippen LogP contribution in [0.2, 0.25) is 0 Å². The molecule has 0 N–H and O–H groups in total. The van der Waals surface area contributed by atoms with Gasteiger partial charge in [0.2, 0.25) is 0 Å². The van der Waals surface area contributed by atoms with Crippen molar-refractivity contribution in [2.45, 2.75) is 13.1 Å². The highest BCUT2D eigenvalue weighted by Gasteiger charge is 2.34. The summed E-state index contributed by atoms with van der Waals surface area (Å²) in [6, 6.07) is 8.05. The molecular formula is C18H15F3N2O2S. The summed E-state index contributed by atoms with van der Waals surface area (Å²) in [5.74, 6) is 0.399. The predicted molar refractivity (Wildman–Crippen MR) is 94.9 cm³/mol. The van der Waals surface area contributed by atoms with Crippen LogP contribution in [-0.4, -0.2) is 34.4 Å². The van der Waals surface area contributed by atoms with Crippen molar-refractivity contribution in [3.8, 4) is 11.3 Å². The molecule has 1 aromatic carbocycles. The number of furan rings is 1. The lowest BCUT2D eigenvalue weighted by Crippen LogP contribution is -2.30. The zero-order chi connectivity index (χ0) is 19.1. The number of nitrogens with zero attached hydrogens (tertiary/aromatic N) is 2. The van der Waals surface area contributed by atoms with Gasteiger partial charge in [0, 0.05) is 25.2 Å². The maximum atomic E-state index is 12.9. The molecule has 1 saturated heterocycles. The molecule has 2 aromatic rings. The smallest absolute Gasteiger partial charge is 0.416 e. The molecule has 0 saturated carbocycles. The van der Waals surface area contributed by atoms with Crippen LogP contribution in [0, 0.1) is 0 Å². The van der Waals surface area contributed by atoms with Crippen LogP contribution in [0.15, 0.2) is 46.5 Å². The number of alkyl halides is 3. The van der Waals surface area contributed by atoms with Crippen molar-refractivity contribution in [2.24, 2.45) is 0 Å². The minimum atomic E-state index is -4.42. The number of hydrogen-bond acceptors (Lipinski definition) is 3. The standard InChI is InChI=1S/C18H15F3N2O2S/c1-3-23-16(24)14(22(2)17(23)26)10-13-7-8-15(25-13)11-5-4-6-12(9-11)18(19,20)21/h4-10H,3H2,1-2H3/b14-10+. The second-order valence-electron chi connectivity index (χ2n) is 5.70. The average Bonchev–Trinajstić information content (AvgIpc) is 3.14. The molecule has 1 amide bonds. The van der Waals surface area contributed by atoms with E-state index in [0.29, 0.717) is 28.7 Å². The lowest BCUT2D eigenvalue weighted by atomic mass is 10.1. The van der Waals surface area contributed by atoms with Gasteiger partial charge in [-0.05, 0) is 43.4 Å². The molecule has 0 unspecified atom stereocenters. The summed E-state index contributed by atoms with van der Waals surface area (Å²) in [6.45, 7) is 2.27. The first kappa shape index (κ1) is 18.2. The van der Waals surface area contributed by atoms with Crippen LogP contribution < -0.4 is 0 Å². The minimum absolute atomic E-state index is 0.239. The molecule has 1 fully saturated rings. The lowest BCUT2D eigenvalue weighted by Gasteiger charge is -2.13. The quantitative estimate of drug-likeness (QED) is 0.585. The van der Waals surface area contributed by atoms with E-state index in [9.17, 15) is 18.0 Å². The first-order valence-electron chi connectivity index (χ1n) is 7.81. The number of thiocarbonyl (C=S) groups is 1. The summed E-state index contributed by atoms with van der Waals surface area (Å²) in [5.41, 5.74) is -0.0935. The average molecular weight is 380 g/mol. The van der Waals surface area contributed by atoms with E-state index >= 15 is 0 Å². The Morgan fingerprint density at radius 3 is 2.58 bits per heavy atom. The van der Waals surface area contributed by atoms with Crippen molar-refractivity contribution in [1.82, 2.24) is 9.80 Å². The van der Waals surface area contributed by atoms with E-state index in [0.717, 1.165) is 12.1 Å². The highest BCUT2D eigenvalue weighted by molar-refractivity contribution is 7.80. The Morgan fingerprint density at radius 2 is 1.96 bits per heavy atom. The van der Waals surface area contributed by atoms with Gasteiger partial charge in [0.1, 0.15) is 17.2 Å². The monoisotopic (exact) mass is 380 g/mol. The Kier molecular flexibility index (Phi) is 4.62. The molecule has 1 aliphatic heterocycles. The van der Waals surface area contributed by atoms with E-state index < -0.39 is 11.7 Å². The first-order chi connectivity index (χ1) is 12.2. The third-order valence-corrected chi connectivity index (χ3v) is 4.53. The molecule has 2 heterocycles. The number of amides is 1. The molecular weight excluding hydrogens is 365 g/mol. The maximum absolute atomic E-state index is 12.9. The Labute approximate surface area is 153 Å². The topological polar surface area (TPSA) is 36.7 Å². The van der Waals surface area contributed by atoms with Crippen molar-refractivity contribution >= 4 is 29.3 Å². The number of hydrogen-bond donors (Lipinski definition) is 0. The molecule has 8 heteroatoms. The van der Waals surface area contributed by atoms with Crippen LogP contribution in [-0.2, 0) is 11.0 Å². The van der Waals surface area contributed by atoms with E-state index in [1.807, 2.05) is 6.92 Å². The van der Waals surface area contributed by atoms with E-state index in [1.165, 1.54) is 23.1 Å². The summed E-state index contributed by atoms with van der Waals surface area (Å²) in [4.78, 5) is 15.4. The summed E-state index contributed by atoms with van der Waals surface area (Å²) in [5, 5.41) is 0.397. The molecule has 26 heavy (non-hydrogen) atoms. The molecule has 1 aromatic heterocycles. The Balaban J connectivity index is 1.92. The molecule has 0 bridgehead atoms. The van der Waals surface area contributed by atoms with Gasteiger partial charge in [0.25, 0.3) is 5.91 Å². The fraction of sp³-hybridized carbons (Fsp3) is 0.222. The number of halogens is 3. The van der Waals surface area contributed by atoms with E-state index in [1.54, 1.807) is 24.1 Å². The Bertz CT molecular complexity index is 902. The molecule has 0 aliphatic carbocycles. The van der Waals surface area contributed by atoms with Crippen molar-refractivity contribution < 1.29 is 22.4 Å². The summed E-state index contributed by atoms with van der Waals surface area (Å²) >= 11 is 5.22. The number of benzene rings is 1. The zero-order valence-electron chi connectivity index (χ0n) is 14.0. The normalized spacial score (nSPS) is 16.9. The minimum Gasteiger partial charge on any atom is -0.457 e. The van der Waals surface area contributed by atoms with Crippen molar-refractivity contribution in [2.75, 3.05) is 13.6 Å². The number of carbonyl (C=O) groups excluding carboxylic acids is 1. The van der Waals surface area contributed by atoms with Crippen molar-refractivity contribution in [3.63, 3.8) is 0 Å². The molecule has 0 atom stereocenters. The predicted octanol–water partition coefficient (Wildman–Crippen LogP) is 4.39. The Hall–Kier alpha value is -2.61.